The molecule has 1 unspecified atom stereocenters. The number of likely N-dealkylation sites (N-methyl/N-ethyl adjacent to an activating group) is 1. The minimum Gasteiger partial charge on any atom is -0.395 e. The summed E-state index contributed by atoms with van der Waals surface area (Å²) in [6, 6.07) is 0.0475. The monoisotopic (exact) mass is 187 g/mol. The van der Waals surface area contributed by atoms with Crippen molar-refractivity contribution in [2.45, 2.75) is 33.7 Å². The molecular formula is C10H21NO2. The van der Waals surface area contributed by atoms with Gasteiger partial charge in [0.1, 0.15) is 0 Å². The number of ketones is 1. The first-order chi connectivity index (χ1) is 5.79. The molecule has 0 saturated carbocycles. The van der Waals surface area contributed by atoms with Gasteiger partial charge in [0.15, 0.2) is 5.78 Å². The number of rotatable bonds is 4. The third-order valence-electron chi connectivity index (χ3n) is 2.25. The number of carbonyl (C=O) groups is 1. The van der Waals surface area contributed by atoms with Gasteiger partial charge in [-0.2, -0.15) is 0 Å². The molecule has 0 spiro atoms. The van der Waals surface area contributed by atoms with E-state index < -0.39 is 0 Å². The Morgan fingerprint density at radius 2 is 1.92 bits per heavy atom. The molecular weight excluding hydrogens is 166 g/mol. The van der Waals surface area contributed by atoms with Crippen molar-refractivity contribution >= 4 is 5.78 Å². The highest BCUT2D eigenvalue weighted by atomic mass is 16.3. The molecule has 1 atom stereocenters. The summed E-state index contributed by atoms with van der Waals surface area (Å²) in [6.07, 6.45) is 0. The van der Waals surface area contributed by atoms with E-state index in [4.69, 9.17) is 5.11 Å². The fourth-order valence-corrected chi connectivity index (χ4v) is 0.759. The summed E-state index contributed by atoms with van der Waals surface area (Å²) in [5.41, 5.74) is -0.288. The largest absolute Gasteiger partial charge is 0.395 e. The second-order valence-electron chi connectivity index (χ2n) is 4.62. The van der Waals surface area contributed by atoms with Crippen molar-refractivity contribution in [3.8, 4) is 0 Å². The Balaban J connectivity index is 4.07. The third kappa shape index (κ3) is 4.39. The lowest BCUT2D eigenvalue weighted by molar-refractivity contribution is -0.127. The molecule has 0 amide bonds. The van der Waals surface area contributed by atoms with E-state index in [9.17, 15) is 4.79 Å². The fourth-order valence-electron chi connectivity index (χ4n) is 0.759. The molecule has 0 aliphatic carbocycles. The zero-order valence-electron chi connectivity index (χ0n) is 9.29. The minimum atomic E-state index is -0.288. The van der Waals surface area contributed by atoms with Crippen LogP contribution in [-0.4, -0.2) is 42.0 Å². The molecule has 3 heteroatoms. The number of aliphatic hydroxyl groups excluding tert-OH is 1. The van der Waals surface area contributed by atoms with Crippen molar-refractivity contribution in [3.05, 3.63) is 0 Å². The molecule has 0 bridgehead atoms. The number of Topliss-reactive ketones (excluding diaryl/α,β-unsaturated/α-hetero) is 1. The fraction of sp³-hybridized carbons (Fsp3) is 0.900. The van der Waals surface area contributed by atoms with Gasteiger partial charge < -0.3 is 5.11 Å². The molecule has 0 aromatic heterocycles. The molecule has 0 aromatic rings. The first-order valence-electron chi connectivity index (χ1n) is 4.63. The minimum absolute atomic E-state index is 0.0475. The lowest BCUT2D eigenvalue weighted by Gasteiger charge is -2.25. The van der Waals surface area contributed by atoms with Crippen LogP contribution in [0.4, 0.5) is 0 Å². The van der Waals surface area contributed by atoms with E-state index in [0.717, 1.165) is 0 Å². The number of aliphatic hydroxyl groups is 1. The highest BCUT2D eigenvalue weighted by Gasteiger charge is 2.23. The van der Waals surface area contributed by atoms with Gasteiger partial charge >= 0.3 is 0 Å². The lowest BCUT2D eigenvalue weighted by Crippen LogP contribution is -2.39. The van der Waals surface area contributed by atoms with Gasteiger partial charge in [-0.05, 0) is 14.0 Å². The maximum atomic E-state index is 11.6. The van der Waals surface area contributed by atoms with Crippen LogP contribution in [0.2, 0.25) is 0 Å². The van der Waals surface area contributed by atoms with E-state index in [2.05, 4.69) is 0 Å². The number of hydrogen-bond donors (Lipinski definition) is 1. The molecule has 1 N–H and O–H groups in total. The van der Waals surface area contributed by atoms with Crippen LogP contribution in [0.5, 0.6) is 0 Å². The van der Waals surface area contributed by atoms with Crippen LogP contribution in [-0.2, 0) is 4.79 Å². The smallest absolute Gasteiger partial charge is 0.152 e. The van der Waals surface area contributed by atoms with E-state index in [0.29, 0.717) is 6.54 Å². The normalized spacial score (nSPS) is 14.7. The van der Waals surface area contributed by atoms with E-state index in [1.54, 1.807) is 0 Å². The molecule has 0 fully saturated rings. The van der Waals surface area contributed by atoms with E-state index in [-0.39, 0.29) is 23.8 Å². The summed E-state index contributed by atoms with van der Waals surface area (Å²) < 4.78 is 0. The summed E-state index contributed by atoms with van der Waals surface area (Å²) in [7, 11) is 1.85. The zero-order valence-corrected chi connectivity index (χ0v) is 9.29. The van der Waals surface area contributed by atoms with Crippen LogP contribution in [0.1, 0.15) is 27.7 Å². The summed E-state index contributed by atoms with van der Waals surface area (Å²) in [5.74, 6) is 0.204. The maximum Gasteiger partial charge on any atom is 0.152 e. The predicted octanol–water partition coefficient (Wildman–Crippen LogP) is 0.914. The number of carbonyl (C=O) groups excluding carboxylic acids is 1. The Morgan fingerprint density at radius 3 is 2.23 bits per heavy atom. The first-order valence-corrected chi connectivity index (χ1v) is 4.63. The molecule has 0 heterocycles. The van der Waals surface area contributed by atoms with Gasteiger partial charge in [0, 0.05) is 11.5 Å². The Kier molecular flexibility index (Phi) is 4.57. The van der Waals surface area contributed by atoms with E-state index in [1.807, 2.05) is 39.6 Å². The summed E-state index contributed by atoms with van der Waals surface area (Å²) in [5, 5.41) is 8.87. The molecule has 0 saturated heterocycles. The Morgan fingerprint density at radius 1 is 1.46 bits per heavy atom. The Bertz CT molecular complexity index is 172. The predicted molar refractivity (Wildman–Crippen MR) is 53.6 cm³/mol. The van der Waals surface area contributed by atoms with Gasteiger partial charge in [-0.3, -0.25) is 9.69 Å². The zero-order chi connectivity index (χ0) is 10.6. The highest BCUT2D eigenvalue weighted by molar-refractivity contribution is 5.85. The van der Waals surface area contributed by atoms with Crippen molar-refractivity contribution in [3.63, 3.8) is 0 Å². The Labute approximate surface area is 80.7 Å². The van der Waals surface area contributed by atoms with Crippen LogP contribution in [0.25, 0.3) is 0 Å². The molecule has 0 aromatic carbocycles. The Hall–Kier alpha value is -0.410. The van der Waals surface area contributed by atoms with Crippen molar-refractivity contribution in [2.75, 3.05) is 20.2 Å². The molecule has 0 aliphatic heterocycles. The van der Waals surface area contributed by atoms with Crippen LogP contribution >= 0.6 is 0 Å². The summed E-state index contributed by atoms with van der Waals surface area (Å²) in [4.78, 5) is 13.4. The van der Waals surface area contributed by atoms with Gasteiger partial charge in [0.25, 0.3) is 0 Å². The van der Waals surface area contributed by atoms with Crippen molar-refractivity contribution in [2.24, 2.45) is 5.41 Å². The SMILES string of the molecule is CC(CO)N(C)CC(=O)C(C)(C)C. The molecule has 0 aliphatic rings. The summed E-state index contributed by atoms with van der Waals surface area (Å²) in [6.45, 7) is 8.13. The average Bonchev–Trinajstić information content (AvgIpc) is 2.01. The van der Waals surface area contributed by atoms with Gasteiger partial charge in [-0.25, -0.2) is 0 Å². The van der Waals surface area contributed by atoms with Crippen LogP contribution in [0, 0.1) is 5.41 Å². The van der Waals surface area contributed by atoms with Crippen molar-refractivity contribution in [1.82, 2.24) is 4.90 Å². The topological polar surface area (TPSA) is 40.5 Å². The standard InChI is InChI=1S/C10H21NO2/c1-8(7-12)11(5)6-9(13)10(2,3)4/h8,12H,6-7H2,1-5H3. The van der Waals surface area contributed by atoms with Gasteiger partial charge in [-0.15, -0.1) is 0 Å². The number of nitrogens with zero attached hydrogens (tertiary/aromatic N) is 1. The molecule has 3 nitrogen and oxygen atoms in total. The van der Waals surface area contributed by atoms with Crippen LogP contribution in [0.15, 0.2) is 0 Å². The van der Waals surface area contributed by atoms with Crippen molar-refractivity contribution in [1.29, 1.82) is 0 Å². The highest BCUT2D eigenvalue weighted by Crippen LogP contribution is 2.15. The lowest BCUT2D eigenvalue weighted by atomic mass is 9.90. The van der Waals surface area contributed by atoms with Crippen LogP contribution in [0.3, 0.4) is 0 Å². The molecule has 0 radical (unpaired) electrons. The number of hydrogen-bond acceptors (Lipinski definition) is 3. The van der Waals surface area contributed by atoms with Gasteiger partial charge in [0.2, 0.25) is 0 Å². The van der Waals surface area contributed by atoms with Gasteiger partial charge in [0.05, 0.1) is 13.2 Å². The molecule has 0 rings (SSSR count). The van der Waals surface area contributed by atoms with E-state index in [1.165, 1.54) is 0 Å². The summed E-state index contributed by atoms with van der Waals surface area (Å²) >= 11 is 0. The van der Waals surface area contributed by atoms with Gasteiger partial charge in [-0.1, -0.05) is 20.8 Å². The first kappa shape index (κ1) is 12.6. The maximum absolute atomic E-state index is 11.6. The average molecular weight is 187 g/mol. The second-order valence-corrected chi connectivity index (χ2v) is 4.62. The van der Waals surface area contributed by atoms with Crippen molar-refractivity contribution < 1.29 is 9.90 Å². The quantitative estimate of drug-likeness (QED) is 0.711. The van der Waals surface area contributed by atoms with E-state index >= 15 is 0 Å². The molecule has 78 valence electrons. The van der Waals surface area contributed by atoms with Crippen LogP contribution < -0.4 is 0 Å². The second kappa shape index (κ2) is 4.72. The molecule has 13 heavy (non-hydrogen) atoms. The third-order valence-corrected chi connectivity index (χ3v) is 2.25.